The number of carbonyl (C=O) groups excluding carboxylic acids is 2. The van der Waals surface area contributed by atoms with Crippen LogP contribution in [0.25, 0.3) is 0 Å². The van der Waals surface area contributed by atoms with Crippen LogP contribution in [0.3, 0.4) is 0 Å². The Morgan fingerprint density at radius 3 is 2.50 bits per heavy atom. The van der Waals surface area contributed by atoms with Crippen molar-refractivity contribution in [3.63, 3.8) is 0 Å². The van der Waals surface area contributed by atoms with E-state index >= 15 is 0 Å². The van der Waals surface area contributed by atoms with Crippen LogP contribution in [0.1, 0.15) is 43.0 Å². The first-order chi connectivity index (χ1) is 14.3. The number of amides is 1. The normalized spacial score (nSPS) is 19.3. The van der Waals surface area contributed by atoms with Gasteiger partial charge in [0.15, 0.2) is 6.10 Å². The van der Waals surface area contributed by atoms with Gasteiger partial charge in [0.05, 0.1) is 25.9 Å². The fourth-order valence-electron chi connectivity index (χ4n) is 3.60. The molecule has 166 valence electrons. The van der Waals surface area contributed by atoms with Crippen LogP contribution in [0.15, 0.2) is 23.1 Å². The van der Waals surface area contributed by atoms with Crippen LogP contribution < -0.4 is 10.1 Å². The smallest absolute Gasteiger partial charge is 0.338 e. The number of nitrogens with one attached hydrogen (secondary N) is 1. The van der Waals surface area contributed by atoms with Gasteiger partial charge in [-0.25, -0.2) is 13.2 Å². The molecule has 0 aromatic heterocycles. The summed E-state index contributed by atoms with van der Waals surface area (Å²) in [5.74, 6) is -1.000. The second kappa shape index (κ2) is 9.76. The van der Waals surface area contributed by atoms with Gasteiger partial charge in [0.2, 0.25) is 10.0 Å². The lowest BCUT2D eigenvalue weighted by molar-refractivity contribution is -0.129. The van der Waals surface area contributed by atoms with Gasteiger partial charge in [-0.3, -0.25) is 4.79 Å². The van der Waals surface area contributed by atoms with E-state index in [9.17, 15) is 18.0 Å². The van der Waals surface area contributed by atoms with E-state index < -0.39 is 22.1 Å². The third kappa shape index (κ3) is 5.11. The molecule has 3 rings (SSSR count). The number of hydrogen-bond donors (Lipinski definition) is 1. The molecule has 0 unspecified atom stereocenters. The van der Waals surface area contributed by atoms with Crippen molar-refractivity contribution in [2.24, 2.45) is 0 Å². The summed E-state index contributed by atoms with van der Waals surface area (Å²) in [6, 6.07) is 4.17. The molecular formula is C20H28N2O7S. The minimum atomic E-state index is -3.88. The highest BCUT2D eigenvalue weighted by atomic mass is 32.2. The molecule has 1 aliphatic carbocycles. The molecule has 10 heteroatoms. The molecule has 0 radical (unpaired) electrons. The van der Waals surface area contributed by atoms with E-state index in [-0.39, 0.29) is 41.2 Å². The number of esters is 1. The highest BCUT2D eigenvalue weighted by molar-refractivity contribution is 7.89. The van der Waals surface area contributed by atoms with Crippen molar-refractivity contribution in [2.75, 3.05) is 33.4 Å². The first kappa shape index (κ1) is 22.5. The van der Waals surface area contributed by atoms with Crippen molar-refractivity contribution in [1.82, 2.24) is 9.62 Å². The van der Waals surface area contributed by atoms with Gasteiger partial charge in [-0.1, -0.05) is 12.8 Å². The van der Waals surface area contributed by atoms with Crippen molar-refractivity contribution >= 4 is 21.9 Å². The summed E-state index contributed by atoms with van der Waals surface area (Å²) >= 11 is 0. The van der Waals surface area contributed by atoms with E-state index in [4.69, 9.17) is 14.2 Å². The minimum absolute atomic E-state index is 0.0307. The van der Waals surface area contributed by atoms with Crippen LogP contribution in [-0.4, -0.2) is 70.2 Å². The number of morpholine rings is 1. The molecule has 1 aliphatic heterocycles. The molecule has 1 aromatic rings. The zero-order valence-electron chi connectivity index (χ0n) is 17.3. The van der Waals surface area contributed by atoms with Gasteiger partial charge in [-0.2, -0.15) is 4.31 Å². The van der Waals surface area contributed by atoms with Gasteiger partial charge >= 0.3 is 5.97 Å². The van der Waals surface area contributed by atoms with Gasteiger partial charge in [0.1, 0.15) is 10.6 Å². The van der Waals surface area contributed by atoms with E-state index in [0.717, 1.165) is 25.7 Å². The second-order valence-electron chi connectivity index (χ2n) is 7.42. The van der Waals surface area contributed by atoms with Gasteiger partial charge in [-0.15, -0.1) is 0 Å². The maximum atomic E-state index is 13.0. The van der Waals surface area contributed by atoms with Gasteiger partial charge in [0.25, 0.3) is 5.91 Å². The lowest BCUT2D eigenvalue weighted by Gasteiger charge is -2.26. The molecule has 0 spiro atoms. The fraction of sp³-hybridized carbons (Fsp3) is 0.600. The van der Waals surface area contributed by atoms with Crippen molar-refractivity contribution in [1.29, 1.82) is 0 Å². The number of rotatable bonds is 7. The second-order valence-corrected chi connectivity index (χ2v) is 9.33. The molecule has 1 heterocycles. The van der Waals surface area contributed by atoms with Crippen LogP contribution in [-0.2, 0) is 24.3 Å². The molecule has 30 heavy (non-hydrogen) atoms. The quantitative estimate of drug-likeness (QED) is 0.637. The van der Waals surface area contributed by atoms with Gasteiger partial charge < -0.3 is 19.5 Å². The van der Waals surface area contributed by atoms with Gasteiger partial charge in [-0.05, 0) is 38.0 Å². The summed E-state index contributed by atoms with van der Waals surface area (Å²) in [5, 5.41) is 2.88. The number of ether oxygens (including phenoxy) is 3. The number of methoxy groups -OCH3 is 1. The number of benzene rings is 1. The van der Waals surface area contributed by atoms with E-state index in [1.165, 1.54) is 36.5 Å². The first-order valence-corrected chi connectivity index (χ1v) is 11.5. The predicted octanol–water partition coefficient (Wildman–Crippen LogP) is 1.32. The molecule has 2 aliphatic rings. The van der Waals surface area contributed by atoms with Crippen LogP contribution in [0.2, 0.25) is 0 Å². The Hall–Kier alpha value is -2.17. The molecule has 2 fully saturated rings. The summed E-state index contributed by atoms with van der Waals surface area (Å²) < 4.78 is 43.1. The molecule has 0 bridgehead atoms. The molecular weight excluding hydrogens is 412 g/mol. The Morgan fingerprint density at radius 2 is 1.87 bits per heavy atom. The zero-order chi connectivity index (χ0) is 21.7. The van der Waals surface area contributed by atoms with Crippen molar-refractivity contribution in [2.45, 2.75) is 49.6 Å². The summed E-state index contributed by atoms with van der Waals surface area (Å²) in [6.45, 7) is 2.54. The Labute approximate surface area is 176 Å². The summed E-state index contributed by atoms with van der Waals surface area (Å²) in [4.78, 5) is 24.7. The van der Waals surface area contributed by atoms with E-state index in [1.54, 1.807) is 0 Å². The van der Waals surface area contributed by atoms with Crippen LogP contribution in [0.5, 0.6) is 5.75 Å². The third-order valence-electron chi connectivity index (χ3n) is 5.34. The van der Waals surface area contributed by atoms with Crippen LogP contribution >= 0.6 is 0 Å². The summed E-state index contributed by atoms with van der Waals surface area (Å²) in [5.41, 5.74) is 0.0307. The Morgan fingerprint density at radius 1 is 1.20 bits per heavy atom. The van der Waals surface area contributed by atoms with Crippen LogP contribution in [0, 0.1) is 0 Å². The fourth-order valence-corrected chi connectivity index (χ4v) is 5.19. The maximum Gasteiger partial charge on any atom is 0.338 e. The summed E-state index contributed by atoms with van der Waals surface area (Å²) in [6.07, 6.45) is 3.01. The predicted molar refractivity (Wildman–Crippen MR) is 108 cm³/mol. The number of carbonyl (C=O) groups is 2. The Balaban J connectivity index is 1.74. The lowest BCUT2D eigenvalue weighted by Crippen LogP contribution is -2.41. The summed E-state index contributed by atoms with van der Waals surface area (Å²) in [7, 11) is -2.52. The monoisotopic (exact) mass is 440 g/mol. The van der Waals surface area contributed by atoms with Crippen molar-refractivity contribution < 1.29 is 32.2 Å². The zero-order valence-corrected chi connectivity index (χ0v) is 18.1. The number of sulfonamides is 1. The highest BCUT2D eigenvalue weighted by Crippen LogP contribution is 2.29. The van der Waals surface area contributed by atoms with E-state index in [0.29, 0.717) is 13.2 Å². The molecule has 1 amide bonds. The maximum absolute atomic E-state index is 13.0. The standard InChI is InChI=1S/C20H28N2O7S/c1-14(19(23)21-16-5-3-4-6-16)29-20(24)15-7-8-17(27-2)18(13-15)30(25,26)22-9-11-28-12-10-22/h7-8,13-14,16H,3-6,9-12H2,1-2H3,(H,21,23)/t14-/m1/s1. The minimum Gasteiger partial charge on any atom is -0.495 e. The molecule has 1 saturated heterocycles. The van der Waals surface area contributed by atoms with E-state index in [1.807, 2.05) is 0 Å². The molecule has 9 nitrogen and oxygen atoms in total. The average Bonchev–Trinajstić information content (AvgIpc) is 3.26. The Bertz CT molecular complexity index is 875. The largest absolute Gasteiger partial charge is 0.495 e. The molecule has 1 aromatic carbocycles. The first-order valence-electron chi connectivity index (χ1n) is 10.1. The highest BCUT2D eigenvalue weighted by Gasteiger charge is 2.31. The molecule has 1 N–H and O–H groups in total. The topological polar surface area (TPSA) is 111 Å². The Kier molecular flexibility index (Phi) is 7.32. The van der Waals surface area contributed by atoms with Crippen LogP contribution in [0.4, 0.5) is 0 Å². The molecule has 1 saturated carbocycles. The molecule has 1 atom stereocenters. The average molecular weight is 441 g/mol. The van der Waals surface area contributed by atoms with Crippen molar-refractivity contribution in [3.8, 4) is 5.75 Å². The lowest BCUT2D eigenvalue weighted by atomic mass is 10.2. The number of nitrogens with zero attached hydrogens (tertiary/aromatic N) is 1. The van der Waals surface area contributed by atoms with Gasteiger partial charge in [0, 0.05) is 19.1 Å². The van der Waals surface area contributed by atoms with E-state index in [2.05, 4.69) is 5.32 Å². The SMILES string of the molecule is COc1ccc(C(=O)O[C@H](C)C(=O)NC2CCCC2)cc1S(=O)(=O)N1CCOCC1. The third-order valence-corrected chi connectivity index (χ3v) is 7.26. The van der Waals surface area contributed by atoms with Crippen molar-refractivity contribution in [3.05, 3.63) is 23.8 Å². The number of hydrogen-bond acceptors (Lipinski definition) is 7.